The standard InChI is InChI=1S/C17H13BrN4O4/c1-26-16-7-6-11(8-15(16)22(24)25)17(23)20-13-4-2-3-5-14(13)21-10-12(18)9-19-21/h2-10H,1H3,(H,20,23). The van der Waals surface area contributed by atoms with Gasteiger partial charge in [0.05, 0.1) is 34.1 Å². The summed E-state index contributed by atoms with van der Waals surface area (Å²) in [6.45, 7) is 0. The third kappa shape index (κ3) is 3.57. The van der Waals surface area contributed by atoms with Crippen molar-refractivity contribution in [1.82, 2.24) is 9.78 Å². The van der Waals surface area contributed by atoms with Gasteiger partial charge in [-0.2, -0.15) is 5.10 Å². The Balaban J connectivity index is 1.92. The molecule has 1 amide bonds. The van der Waals surface area contributed by atoms with Gasteiger partial charge in [-0.1, -0.05) is 12.1 Å². The summed E-state index contributed by atoms with van der Waals surface area (Å²) in [4.78, 5) is 23.1. The number of anilines is 1. The van der Waals surface area contributed by atoms with Gasteiger partial charge in [0, 0.05) is 17.8 Å². The molecule has 0 saturated carbocycles. The van der Waals surface area contributed by atoms with Crippen LogP contribution in [0.25, 0.3) is 5.69 Å². The number of benzene rings is 2. The van der Waals surface area contributed by atoms with Gasteiger partial charge in [0.15, 0.2) is 5.75 Å². The van der Waals surface area contributed by atoms with Gasteiger partial charge in [-0.05, 0) is 40.2 Å². The van der Waals surface area contributed by atoms with E-state index in [1.807, 2.05) is 6.07 Å². The minimum absolute atomic E-state index is 0.0911. The lowest BCUT2D eigenvalue weighted by molar-refractivity contribution is -0.385. The van der Waals surface area contributed by atoms with Crippen LogP contribution in [0.3, 0.4) is 0 Å². The fraction of sp³-hybridized carbons (Fsp3) is 0.0588. The van der Waals surface area contributed by atoms with E-state index in [-0.39, 0.29) is 17.0 Å². The summed E-state index contributed by atoms with van der Waals surface area (Å²) >= 11 is 3.33. The molecular weight excluding hydrogens is 404 g/mol. The molecule has 0 aliphatic rings. The lowest BCUT2D eigenvalue weighted by Gasteiger charge is -2.11. The second-order valence-electron chi connectivity index (χ2n) is 5.22. The van der Waals surface area contributed by atoms with Crippen molar-refractivity contribution in [3.05, 3.63) is 75.0 Å². The molecule has 0 spiro atoms. The van der Waals surface area contributed by atoms with Crippen LogP contribution in [0, 0.1) is 10.1 Å². The maximum absolute atomic E-state index is 12.6. The predicted octanol–water partition coefficient (Wildman–Crippen LogP) is 3.80. The van der Waals surface area contributed by atoms with Gasteiger partial charge in [0.2, 0.25) is 0 Å². The summed E-state index contributed by atoms with van der Waals surface area (Å²) in [5.74, 6) is -0.386. The van der Waals surface area contributed by atoms with E-state index in [1.165, 1.54) is 25.3 Å². The molecule has 0 radical (unpaired) electrons. The number of nitrogens with one attached hydrogen (secondary N) is 1. The number of amides is 1. The highest BCUT2D eigenvalue weighted by molar-refractivity contribution is 9.10. The van der Waals surface area contributed by atoms with E-state index in [0.29, 0.717) is 11.4 Å². The van der Waals surface area contributed by atoms with Crippen molar-refractivity contribution in [1.29, 1.82) is 0 Å². The predicted molar refractivity (Wildman–Crippen MR) is 98.9 cm³/mol. The van der Waals surface area contributed by atoms with E-state index in [2.05, 4.69) is 26.3 Å². The molecule has 0 bridgehead atoms. The zero-order valence-corrected chi connectivity index (χ0v) is 15.1. The molecule has 26 heavy (non-hydrogen) atoms. The van der Waals surface area contributed by atoms with Crippen LogP contribution in [0.2, 0.25) is 0 Å². The van der Waals surface area contributed by atoms with E-state index >= 15 is 0 Å². The van der Waals surface area contributed by atoms with Crippen LogP contribution in [-0.2, 0) is 0 Å². The molecule has 2 aromatic carbocycles. The van der Waals surface area contributed by atoms with Crippen molar-refractivity contribution in [2.24, 2.45) is 0 Å². The zero-order valence-electron chi connectivity index (χ0n) is 13.5. The van der Waals surface area contributed by atoms with Gasteiger partial charge in [-0.3, -0.25) is 14.9 Å². The molecule has 8 nitrogen and oxygen atoms in total. The fourth-order valence-corrected chi connectivity index (χ4v) is 2.67. The normalized spacial score (nSPS) is 10.4. The molecule has 0 unspecified atom stereocenters. The zero-order chi connectivity index (χ0) is 18.7. The summed E-state index contributed by atoms with van der Waals surface area (Å²) in [6.07, 6.45) is 3.38. The summed E-state index contributed by atoms with van der Waals surface area (Å²) in [5, 5.41) is 18.1. The maximum atomic E-state index is 12.6. The van der Waals surface area contributed by atoms with E-state index in [9.17, 15) is 14.9 Å². The number of para-hydroxylation sites is 2. The number of nitro groups is 1. The molecular formula is C17H13BrN4O4. The smallest absolute Gasteiger partial charge is 0.311 e. The highest BCUT2D eigenvalue weighted by Gasteiger charge is 2.19. The Hall–Kier alpha value is -3.20. The molecule has 9 heteroatoms. The SMILES string of the molecule is COc1ccc(C(=O)Nc2ccccc2-n2cc(Br)cn2)cc1[N+](=O)[O-]. The second kappa shape index (κ2) is 7.36. The number of hydrogen-bond acceptors (Lipinski definition) is 5. The first kappa shape index (κ1) is 17.6. The van der Waals surface area contributed by atoms with E-state index in [4.69, 9.17) is 4.74 Å². The number of halogens is 1. The van der Waals surface area contributed by atoms with Crippen LogP contribution in [-0.4, -0.2) is 27.7 Å². The number of hydrogen-bond donors (Lipinski definition) is 1. The van der Waals surface area contributed by atoms with Crippen molar-refractivity contribution in [2.75, 3.05) is 12.4 Å². The van der Waals surface area contributed by atoms with Crippen LogP contribution in [0.4, 0.5) is 11.4 Å². The van der Waals surface area contributed by atoms with Crippen molar-refractivity contribution < 1.29 is 14.5 Å². The molecule has 3 rings (SSSR count). The van der Waals surface area contributed by atoms with E-state index in [0.717, 1.165) is 4.47 Å². The van der Waals surface area contributed by atoms with Crippen molar-refractivity contribution in [3.8, 4) is 11.4 Å². The average Bonchev–Trinajstić information content (AvgIpc) is 3.07. The molecule has 0 aliphatic carbocycles. The first-order valence-corrected chi connectivity index (χ1v) is 8.22. The number of carbonyl (C=O) groups is 1. The third-order valence-corrected chi connectivity index (χ3v) is 4.00. The summed E-state index contributed by atoms with van der Waals surface area (Å²) in [5.41, 5.74) is 1.06. The highest BCUT2D eigenvalue weighted by Crippen LogP contribution is 2.28. The van der Waals surface area contributed by atoms with Crippen LogP contribution in [0.15, 0.2) is 59.3 Å². The Morgan fingerprint density at radius 2 is 2.08 bits per heavy atom. The number of methoxy groups -OCH3 is 1. The Bertz CT molecular complexity index is 986. The highest BCUT2D eigenvalue weighted by atomic mass is 79.9. The molecule has 0 saturated heterocycles. The third-order valence-electron chi connectivity index (χ3n) is 3.59. The number of rotatable bonds is 5. The largest absolute Gasteiger partial charge is 0.490 e. The Morgan fingerprint density at radius 1 is 1.31 bits per heavy atom. The fourth-order valence-electron chi connectivity index (χ4n) is 2.38. The van der Waals surface area contributed by atoms with Gasteiger partial charge in [-0.15, -0.1) is 0 Å². The Morgan fingerprint density at radius 3 is 2.73 bits per heavy atom. The Labute approximate surface area is 156 Å². The van der Waals surface area contributed by atoms with Gasteiger partial charge < -0.3 is 10.1 Å². The topological polar surface area (TPSA) is 99.3 Å². The second-order valence-corrected chi connectivity index (χ2v) is 6.13. The van der Waals surface area contributed by atoms with Crippen LogP contribution in [0.5, 0.6) is 5.75 Å². The number of ether oxygens (including phenoxy) is 1. The number of aromatic nitrogens is 2. The Kier molecular flexibility index (Phi) is 4.99. The monoisotopic (exact) mass is 416 g/mol. The first-order valence-electron chi connectivity index (χ1n) is 7.43. The molecule has 132 valence electrons. The molecule has 0 aliphatic heterocycles. The summed E-state index contributed by atoms with van der Waals surface area (Å²) in [7, 11) is 1.33. The number of nitrogens with zero attached hydrogens (tertiary/aromatic N) is 3. The van der Waals surface area contributed by atoms with Gasteiger partial charge in [0.1, 0.15) is 0 Å². The van der Waals surface area contributed by atoms with Crippen LogP contribution in [0.1, 0.15) is 10.4 Å². The van der Waals surface area contributed by atoms with Crippen molar-refractivity contribution >= 4 is 33.2 Å². The molecule has 1 N–H and O–H groups in total. The summed E-state index contributed by atoms with van der Waals surface area (Å²) < 4.78 is 7.35. The first-order chi connectivity index (χ1) is 12.5. The lowest BCUT2D eigenvalue weighted by Crippen LogP contribution is -2.14. The molecule has 3 aromatic rings. The van der Waals surface area contributed by atoms with Gasteiger partial charge in [0.25, 0.3) is 5.91 Å². The van der Waals surface area contributed by atoms with Crippen molar-refractivity contribution in [3.63, 3.8) is 0 Å². The molecule has 1 heterocycles. The van der Waals surface area contributed by atoms with E-state index < -0.39 is 10.8 Å². The van der Waals surface area contributed by atoms with Crippen LogP contribution >= 0.6 is 15.9 Å². The molecule has 0 atom stereocenters. The lowest BCUT2D eigenvalue weighted by atomic mass is 10.1. The maximum Gasteiger partial charge on any atom is 0.311 e. The number of nitro benzene ring substituents is 1. The van der Waals surface area contributed by atoms with Crippen LogP contribution < -0.4 is 10.1 Å². The van der Waals surface area contributed by atoms with Gasteiger partial charge >= 0.3 is 5.69 Å². The average molecular weight is 417 g/mol. The van der Waals surface area contributed by atoms with Crippen molar-refractivity contribution in [2.45, 2.75) is 0 Å². The minimum atomic E-state index is -0.592. The molecule has 1 aromatic heterocycles. The van der Waals surface area contributed by atoms with E-state index in [1.54, 1.807) is 35.3 Å². The summed E-state index contributed by atoms with van der Waals surface area (Å²) in [6, 6.07) is 11.2. The molecule has 0 fully saturated rings. The number of carbonyl (C=O) groups excluding carboxylic acids is 1. The minimum Gasteiger partial charge on any atom is -0.490 e. The van der Waals surface area contributed by atoms with Gasteiger partial charge in [-0.25, -0.2) is 4.68 Å². The quantitative estimate of drug-likeness (QED) is 0.503.